The second-order valence-corrected chi connectivity index (χ2v) is 17.2. The minimum absolute atomic E-state index is 0.0906. The van der Waals surface area contributed by atoms with Crippen molar-refractivity contribution in [2.45, 2.75) is 258 Å². The Morgan fingerprint density at radius 2 is 0.590 bits per heavy atom. The highest BCUT2D eigenvalue weighted by atomic mass is 16.6. The van der Waals surface area contributed by atoms with E-state index in [9.17, 15) is 14.4 Å². The highest BCUT2D eigenvalue weighted by molar-refractivity contribution is 5.71. The van der Waals surface area contributed by atoms with Crippen LogP contribution in [0.15, 0.2) is 60.8 Å². The van der Waals surface area contributed by atoms with Gasteiger partial charge in [0.05, 0.1) is 0 Å². The van der Waals surface area contributed by atoms with Gasteiger partial charge in [0.2, 0.25) is 0 Å². The monoisotopic (exact) mass is 853 g/mol. The van der Waals surface area contributed by atoms with Crippen molar-refractivity contribution in [2.75, 3.05) is 13.2 Å². The van der Waals surface area contributed by atoms with E-state index in [0.29, 0.717) is 19.3 Å². The lowest BCUT2D eigenvalue weighted by Gasteiger charge is -2.18. The van der Waals surface area contributed by atoms with E-state index >= 15 is 0 Å². The number of unbranched alkanes of at least 4 members (excludes halogenated alkanes) is 28. The first-order valence-electron chi connectivity index (χ1n) is 25.8. The van der Waals surface area contributed by atoms with Crippen molar-refractivity contribution in [3.8, 4) is 0 Å². The molecule has 0 radical (unpaired) electrons. The van der Waals surface area contributed by atoms with Gasteiger partial charge in [-0.25, -0.2) is 0 Å². The Bertz CT molecular complexity index is 1120. The molecule has 352 valence electrons. The summed E-state index contributed by atoms with van der Waals surface area (Å²) in [5, 5.41) is 0. The molecule has 61 heavy (non-hydrogen) atoms. The molecule has 6 heteroatoms. The summed E-state index contributed by atoms with van der Waals surface area (Å²) in [6.45, 7) is 6.56. The van der Waals surface area contributed by atoms with Gasteiger partial charge < -0.3 is 14.2 Å². The minimum Gasteiger partial charge on any atom is -0.462 e. The van der Waals surface area contributed by atoms with Crippen molar-refractivity contribution in [1.29, 1.82) is 0 Å². The largest absolute Gasteiger partial charge is 0.462 e. The highest BCUT2D eigenvalue weighted by Crippen LogP contribution is 2.14. The summed E-state index contributed by atoms with van der Waals surface area (Å²) >= 11 is 0. The van der Waals surface area contributed by atoms with Gasteiger partial charge in [-0.1, -0.05) is 223 Å². The van der Waals surface area contributed by atoms with Crippen LogP contribution in [0.25, 0.3) is 0 Å². The average molecular weight is 853 g/mol. The van der Waals surface area contributed by atoms with E-state index < -0.39 is 6.10 Å². The molecule has 0 saturated heterocycles. The molecule has 0 amide bonds. The molecule has 0 aromatic heterocycles. The Kier molecular flexibility index (Phi) is 47.4. The Balaban J connectivity index is 4.41. The van der Waals surface area contributed by atoms with Crippen LogP contribution in [-0.2, 0) is 28.6 Å². The van der Waals surface area contributed by atoms with Crippen LogP contribution in [-0.4, -0.2) is 37.2 Å². The predicted molar refractivity (Wildman–Crippen MR) is 261 cm³/mol. The molecule has 0 aliphatic carbocycles. The molecule has 1 atom stereocenters. The van der Waals surface area contributed by atoms with Gasteiger partial charge in [0, 0.05) is 19.3 Å². The van der Waals surface area contributed by atoms with Crippen molar-refractivity contribution in [1.82, 2.24) is 0 Å². The lowest BCUT2D eigenvalue weighted by molar-refractivity contribution is -0.167. The van der Waals surface area contributed by atoms with Gasteiger partial charge >= 0.3 is 17.9 Å². The zero-order valence-corrected chi connectivity index (χ0v) is 40.2. The Labute approximate surface area is 377 Å². The molecule has 0 aromatic carbocycles. The molecule has 0 bridgehead atoms. The summed E-state index contributed by atoms with van der Waals surface area (Å²) in [4.78, 5) is 37.9. The molecule has 0 saturated carbocycles. The molecule has 0 aliphatic heterocycles. The third-order valence-electron chi connectivity index (χ3n) is 11.1. The fraction of sp³-hybridized carbons (Fsp3) is 0.764. The molecule has 1 unspecified atom stereocenters. The molecule has 0 N–H and O–H groups in total. The van der Waals surface area contributed by atoms with E-state index in [1.807, 2.05) is 0 Å². The van der Waals surface area contributed by atoms with Crippen LogP contribution in [0, 0.1) is 0 Å². The molecule has 0 heterocycles. The maximum absolute atomic E-state index is 12.8. The normalized spacial score (nSPS) is 12.5. The molecule has 0 fully saturated rings. The van der Waals surface area contributed by atoms with Crippen LogP contribution in [0.5, 0.6) is 0 Å². The first-order valence-corrected chi connectivity index (χ1v) is 25.8. The smallest absolute Gasteiger partial charge is 0.306 e. The molecule has 0 aromatic rings. The molecule has 6 nitrogen and oxygen atoms in total. The quantitative estimate of drug-likeness (QED) is 0.0263. The maximum Gasteiger partial charge on any atom is 0.306 e. The first-order chi connectivity index (χ1) is 30.0. The summed E-state index contributed by atoms with van der Waals surface area (Å²) in [7, 11) is 0. The molecule has 0 aliphatic rings. The van der Waals surface area contributed by atoms with Crippen LogP contribution < -0.4 is 0 Å². The summed E-state index contributed by atoms with van der Waals surface area (Å²) < 4.78 is 16.7. The number of rotatable bonds is 46. The van der Waals surface area contributed by atoms with Gasteiger partial charge in [0.1, 0.15) is 13.2 Å². The first kappa shape index (κ1) is 58.1. The zero-order valence-electron chi connectivity index (χ0n) is 40.2. The van der Waals surface area contributed by atoms with Crippen molar-refractivity contribution in [3.63, 3.8) is 0 Å². The Morgan fingerprint density at radius 1 is 0.328 bits per heavy atom. The van der Waals surface area contributed by atoms with Crippen LogP contribution in [0.1, 0.15) is 252 Å². The highest BCUT2D eigenvalue weighted by Gasteiger charge is 2.19. The second kappa shape index (κ2) is 49.8. The topological polar surface area (TPSA) is 78.9 Å². The van der Waals surface area contributed by atoms with E-state index in [1.165, 1.54) is 122 Å². The number of ether oxygens (including phenoxy) is 3. The third-order valence-corrected chi connectivity index (χ3v) is 11.1. The number of hydrogen-bond donors (Lipinski definition) is 0. The van der Waals surface area contributed by atoms with Crippen LogP contribution >= 0.6 is 0 Å². The standard InChI is InChI=1S/C55H96O6/c1-4-7-10-13-16-19-21-23-25-27-28-30-31-33-36-39-42-45-48-54(57)60-51-52(50-59-53(56)47-44-41-38-35-18-15-12-9-6-3)61-55(58)49-46-43-40-37-34-32-29-26-24-22-20-17-14-11-8-5-2/h21,23,25-30,32,34,52H,4-20,22,24,31,33,35-51H2,1-3H3/b23-21-,27-25-,29-26-,30-28-,34-32-. The van der Waals surface area contributed by atoms with E-state index in [4.69, 9.17) is 14.2 Å². The SMILES string of the molecule is CCCCCCC\C=C/C=C\C=C/CCCCCCCC(=O)OCC(COC(=O)CCCCCCCCCCC)OC(=O)CCCCC/C=C\C=C/CCCCCCCCC. The van der Waals surface area contributed by atoms with Crippen LogP contribution in [0.2, 0.25) is 0 Å². The van der Waals surface area contributed by atoms with E-state index in [2.05, 4.69) is 81.5 Å². The van der Waals surface area contributed by atoms with Crippen molar-refractivity contribution in [2.24, 2.45) is 0 Å². The minimum atomic E-state index is -0.793. The second-order valence-electron chi connectivity index (χ2n) is 17.2. The van der Waals surface area contributed by atoms with Gasteiger partial charge in [0.25, 0.3) is 0 Å². The average Bonchev–Trinajstić information content (AvgIpc) is 3.26. The van der Waals surface area contributed by atoms with Gasteiger partial charge in [-0.2, -0.15) is 0 Å². The number of allylic oxidation sites excluding steroid dienone is 10. The zero-order chi connectivity index (χ0) is 44.4. The number of carbonyl (C=O) groups excluding carboxylic acids is 3. The lowest BCUT2D eigenvalue weighted by atomic mass is 10.1. The van der Waals surface area contributed by atoms with Crippen molar-refractivity contribution >= 4 is 17.9 Å². The van der Waals surface area contributed by atoms with Gasteiger partial charge in [-0.3, -0.25) is 14.4 Å². The summed E-state index contributed by atoms with van der Waals surface area (Å²) in [6, 6.07) is 0. The summed E-state index contributed by atoms with van der Waals surface area (Å²) in [5.41, 5.74) is 0. The third kappa shape index (κ3) is 48.0. The molecule has 0 rings (SSSR count). The fourth-order valence-electron chi connectivity index (χ4n) is 7.14. The van der Waals surface area contributed by atoms with E-state index in [1.54, 1.807) is 0 Å². The van der Waals surface area contributed by atoms with Crippen LogP contribution in [0.4, 0.5) is 0 Å². The van der Waals surface area contributed by atoms with Gasteiger partial charge in [0.15, 0.2) is 6.10 Å². The van der Waals surface area contributed by atoms with E-state index in [-0.39, 0.29) is 31.1 Å². The maximum atomic E-state index is 12.8. The number of carbonyl (C=O) groups is 3. The number of hydrogen-bond acceptors (Lipinski definition) is 6. The Morgan fingerprint density at radius 3 is 0.934 bits per heavy atom. The number of esters is 3. The summed E-state index contributed by atoms with van der Waals surface area (Å²) in [5.74, 6) is -0.937. The Hall–Kier alpha value is -2.89. The van der Waals surface area contributed by atoms with Crippen molar-refractivity contribution < 1.29 is 28.6 Å². The van der Waals surface area contributed by atoms with E-state index in [0.717, 1.165) is 89.9 Å². The summed E-state index contributed by atoms with van der Waals surface area (Å²) in [6.07, 6.45) is 60.6. The van der Waals surface area contributed by atoms with Crippen LogP contribution in [0.3, 0.4) is 0 Å². The van der Waals surface area contributed by atoms with Gasteiger partial charge in [-0.05, 0) is 70.6 Å². The lowest BCUT2D eigenvalue weighted by Crippen LogP contribution is -2.30. The molecular formula is C55H96O6. The molecular weight excluding hydrogens is 757 g/mol. The fourth-order valence-corrected chi connectivity index (χ4v) is 7.14. The van der Waals surface area contributed by atoms with Gasteiger partial charge in [-0.15, -0.1) is 0 Å². The predicted octanol–water partition coefficient (Wildman–Crippen LogP) is 16.9. The molecule has 0 spiro atoms. The van der Waals surface area contributed by atoms with Crippen molar-refractivity contribution in [3.05, 3.63) is 60.8 Å².